The normalized spacial score (nSPS) is 19.3. The molecule has 2 aliphatic rings. The molecule has 7 heteroatoms. The minimum atomic E-state index is -0.335. The first-order chi connectivity index (χ1) is 17.4. The number of nitrogens with zero attached hydrogens (tertiary/aromatic N) is 1. The van der Waals surface area contributed by atoms with Gasteiger partial charge >= 0.3 is 0 Å². The van der Waals surface area contributed by atoms with Crippen LogP contribution in [0.25, 0.3) is 21.9 Å². The summed E-state index contributed by atoms with van der Waals surface area (Å²) in [6, 6.07) is 19.4. The highest BCUT2D eigenvalue weighted by molar-refractivity contribution is 9.10. The zero-order chi connectivity index (χ0) is 24.9. The van der Waals surface area contributed by atoms with Crippen LogP contribution < -0.4 is 5.32 Å². The van der Waals surface area contributed by atoms with Crippen molar-refractivity contribution in [3.05, 3.63) is 76.3 Å². The van der Waals surface area contributed by atoms with Crippen molar-refractivity contribution in [3.63, 3.8) is 0 Å². The number of anilines is 1. The van der Waals surface area contributed by atoms with Crippen LogP contribution in [0, 0.1) is 12.8 Å². The number of hydrogen-bond donors (Lipinski definition) is 1. The number of aryl methyl sites for hydroxylation is 1. The van der Waals surface area contributed by atoms with E-state index >= 15 is 0 Å². The van der Waals surface area contributed by atoms with E-state index in [9.17, 15) is 9.59 Å². The molecular weight excluding hydrogens is 520 g/mol. The van der Waals surface area contributed by atoms with E-state index in [1.807, 2.05) is 72.5 Å². The Morgan fingerprint density at radius 2 is 1.78 bits per heavy atom. The number of hydrogen-bond acceptors (Lipinski definition) is 4. The summed E-state index contributed by atoms with van der Waals surface area (Å²) in [6.07, 6.45) is 2.16. The number of carbonyl (C=O) groups excluding carboxylic acids is 2. The molecule has 1 N–H and O–H groups in total. The van der Waals surface area contributed by atoms with Crippen LogP contribution in [-0.2, 0) is 9.53 Å². The fraction of sp³-hybridized carbons (Fsp3) is 0.310. The molecule has 0 saturated carbocycles. The summed E-state index contributed by atoms with van der Waals surface area (Å²) in [6.45, 7) is 3.63. The van der Waals surface area contributed by atoms with Crippen LogP contribution >= 0.6 is 15.9 Å². The lowest BCUT2D eigenvalue weighted by Gasteiger charge is -2.38. The Bertz CT molecular complexity index is 1490. The summed E-state index contributed by atoms with van der Waals surface area (Å²) in [7, 11) is 0. The highest BCUT2D eigenvalue weighted by Gasteiger charge is 2.45. The van der Waals surface area contributed by atoms with Gasteiger partial charge in [-0.2, -0.15) is 0 Å². The number of benzene rings is 3. The number of nitrogens with one attached hydrogen (secondary N) is 1. The molecule has 6 nitrogen and oxygen atoms in total. The number of likely N-dealkylation sites (tertiary alicyclic amines) is 1. The Morgan fingerprint density at radius 3 is 2.58 bits per heavy atom. The maximum atomic E-state index is 13.1. The smallest absolute Gasteiger partial charge is 0.254 e. The number of rotatable bonds is 3. The number of furan rings is 1. The first-order valence-electron chi connectivity index (χ1n) is 12.3. The van der Waals surface area contributed by atoms with Crippen molar-refractivity contribution < 1.29 is 18.7 Å². The summed E-state index contributed by atoms with van der Waals surface area (Å²) in [4.78, 5) is 28.1. The zero-order valence-corrected chi connectivity index (χ0v) is 21.6. The number of carbonyl (C=O) groups is 2. The van der Waals surface area contributed by atoms with E-state index in [-0.39, 0.29) is 23.3 Å². The number of ether oxygens (including phenoxy) is 1. The number of para-hydroxylation sites is 1. The third kappa shape index (κ3) is 4.20. The van der Waals surface area contributed by atoms with Crippen LogP contribution in [0.3, 0.4) is 0 Å². The third-order valence-corrected chi connectivity index (χ3v) is 8.10. The lowest BCUT2D eigenvalue weighted by molar-refractivity contribution is -0.119. The number of fused-ring (bicyclic) bond motifs is 3. The minimum Gasteiger partial charge on any atom is -0.456 e. The van der Waals surface area contributed by atoms with Crippen molar-refractivity contribution in [1.29, 1.82) is 0 Å². The molecular formula is C29H27BrN2O4. The van der Waals surface area contributed by atoms with E-state index in [0.717, 1.165) is 56.1 Å². The Kier molecular flexibility index (Phi) is 5.85. The van der Waals surface area contributed by atoms with E-state index in [4.69, 9.17) is 9.15 Å². The fourth-order valence-corrected chi connectivity index (χ4v) is 6.04. The topological polar surface area (TPSA) is 71.8 Å². The predicted molar refractivity (Wildman–Crippen MR) is 143 cm³/mol. The Balaban J connectivity index is 1.09. The first-order valence-corrected chi connectivity index (χ1v) is 13.1. The molecule has 2 amide bonds. The Morgan fingerprint density at radius 1 is 1.00 bits per heavy atom. The number of piperidine rings is 1. The van der Waals surface area contributed by atoms with Gasteiger partial charge in [-0.1, -0.05) is 34.1 Å². The SMILES string of the molecule is Cc1cc(Br)ccc1C(=O)N1CCC2(CC1)CC(C(=O)Nc1ccc3oc4ccccc4c3c1)CO2. The van der Waals surface area contributed by atoms with Crippen molar-refractivity contribution in [3.8, 4) is 0 Å². The van der Waals surface area contributed by atoms with Crippen LogP contribution in [0.2, 0.25) is 0 Å². The minimum absolute atomic E-state index is 0.0250. The maximum Gasteiger partial charge on any atom is 0.254 e. The monoisotopic (exact) mass is 546 g/mol. The van der Waals surface area contributed by atoms with E-state index < -0.39 is 0 Å². The second-order valence-corrected chi connectivity index (χ2v) is 10.9. The molecule has 184 valence electrons. The molecule has 1 unspecified atom stereocenters. The zero-order valence-electron chi connectivity index (χ0n) is 20.1. The van der Waals surface area contributed by atoms with Crippen molar-refractivity contribution in [2.45, 2.75) is 31.8 Å². The molecule has 2 fully saturated rings. The van der Waals surface area contributed by atoms with Gasteiger partial charge in [0.25, 0.3) is 5.91 Å². The lowest BCUT2D eigenvalue weighted by atomic mass is 9.85. The van der Waals surface area contributed by atoms with Gasteiger partial charge in [-0.25, -0.2) is 0 Å². The lowest BCUT2D eigenvalue weighted by Crippen LogP contribution is -2.46. The van der Waals surface area contributed by atoms with Crippen LogP contribution in [0.15, 0.2) is 69.6 Å². The summed E-state index contributed by atoms with van der Waals surface area (Å²) in [5, 5.41) is 5.10. The molecule has 1 atom stereocenters. The van der Waals surface area contributed by atoms with Crippen LogP contribution in [0.4, 0.5) is 5.69 Å². The summed E-state index contributed by atoms with van der Waals surface area (Å²) >= 11 is 3.46. The van der Waals surface area contributed by atoms with Crippen molar-refractivity contribution in [1.82, 2.24) is 4.90 Å². The van der Waals surface area contributed by atoms with Gasteiger partial charge in [-0.15, -0.1) is 0 Å². The van der Waals surface area contributed by atoms with Gasteiger partial charge in [0, 0.05) is 39.6 Å². The fourth-order valence-electron chi connectivity index (χ4n) is 5.56. The average Bonchev–Trinajstić information content (AvgIpc) is 3.46. The summed E-state index contributed by atoms with van der Waals surface area (Å²) in [5.74, 6) is -0.176. The molecule has 36 heavy (non-hydrogen) atoms. The van der Waals surface area contributed by atoms with Crippen molar-refractivity contribution in [2.75, 3.05) is 25.0 Å². The molecule has 0 radical (unpaired) electrons. The molecule has 0 bridgehead atoms. The second kappa shape index (κ2) is 9.05. The maximum absolute atomic E-state index is 13.1. The molecule has 0 aliphatic carbocycles. The van der Waals surface area contributed by atoms with E-state index in [0.29, 0.717) is 26.1 Å². The highest BCUT2D eigenvalue weighted by atomic mass is 79.9. The molecule has 2 aliphatic heterocycles. The molecule has 3 heterocycles. The van der Waals surface area contributed by atoms with Crippen molar-refractivity contribution >= 4 is 55.4 Å². The molecule has 1 aromatic heterocycles. The van der Waals surface area contributed by atoms with Crippen LogP contribution in [0.5, 0.6) is 0 Å². The van der Waals surface area contributed by atoms with Gasteiger partial charge in [-0.05, 0) is 74.2 Å². The van der Waals surface area contributed by atoms with E-state index in [1.165, 1.54) is 0 Å². The molecule has 2 saturated heterocycles. The average molecular weight is 547 g/mol. The van der Waals surface area contributed by atoms with Gasteiger partial charge < -0.3 is 19.4 Å². The van der Waals surface area contributed by atoms with Gasteiger partial charge in [0.05, 0.1) is 18.1 Å². The van der Waals surface area contributed by atoms with Gasteiger partial charge in [0.1, 0.15) is 11.2 Å². The molecule has 1 spiro atoms. The van der Waals surface area contributed by atoms with Gasteiger partial charge in [0.15, 0.2) is 0 Å². The van der Waals surface area contributed by atoms with E-state index in [2.05, 4.69) is 21.2 Å². The largest absolute Gasteiger partial charge is 0.456 e. The first kappa shape index (κ1) is 23.3. The second-order valence-electron chi connectivity index (χ2n) is 9.94. The predicted octanol–water partition coefficient (Wildman–Crippen LogP) is 6.31. The summed E-state index contributed by atoms with van der Waals surface area (Å²) in [5.41, 5.74) is 3.76. The molecule has 6 rings (SSSR count). The van der Waals surface area contributed by atoms with Gasteiger partial charge in [-0.3, -0.25) is 9.59 Å². The van der Waals surface area contributed by atoms with Crippen LogP contribution in [0.1, 0.15) is 35.2 Å². The molecule has 4 aromatic rings. The standard InChI is InChI=1S/C29H27BrN2O4/c1-18-14-20(30)6-8-22(18)28(34)32-12-10-29(11-13-32)16-19(17-35-29)27(33)31-21-7-9-26-24(15-21)23-4-2-3-5-25(23)36-26/h2-9,14-15,19H,10-13,16-17H2,1H3,(H,31,33). The summed E-state index contributed by atoms with van der Waals surface area (Å²) < 4.78 is 13.1. The molecule has 3 aromatic carbocycles. The number of halogens is 1. The Labute approximate surface area is 217 Å². The number of amides is 2. The van der Waals surface area contributed by atoms with E-state index in [1.54, 1.807) is 0 Å². The van der Waals surface area contributed by atoms with Gasteiger partial charge in [0.2, 0.25) is 5.91 Å². The Hall–Kier alpha value is -3.16. The van der Waals surface area contributed by atoms with Crippen molar-refractivity contribution in [2.24, 2.45) is 5.92 Å². The van der Waals surface area contributed by atoms with Crippen LogP contribution in [-0.4, -0.2) is 42.0 Å². The highest BCUT2D eigenvalue weighted by Crippen LogP contribution is 2.40. The third-order valence-electron chi connectivity index (χ3n) is 7.60. The quantitative estimate of drug-likeness (QED) is 0.327.